The van der Waals surface area contributed by atoms with Crippen LogP contribution in [-0.2, 0) is 11.3 Å². The minimum absolute atomic E-state index is 0.373. The standard InChI is InChI=1S/C14H14INO3/c1-9-13(14(17)18-2)7-12(19-9)8-16-11-5-3-4-10(15)6-11/h3-7,16H,8H2,1-2H3. The molecule has 0 saturated carbocycles. The number of aryl methyl sites for hydroxylation is 1. The normalized spacial score (nSPS) is 10.3. The molecule has 100 valence electrons. The summed E-state index contributed by atoms with van der Waals surface area (Å²) in [7, 11) is 1.36. The number of halogens is 1. The summed E-state index contributed by atoms with van der Waals surface area (Å²) in [5, 5.41) is 3.25. The number of rotatable bonds is 4. The fraction of sp³-hybridized carbons (Fsp3) is 0.214. The van der Waals surface area contributed by atoms with E-state index in [2.05, 4.69) is 32.6 Å². The summed E-state index contributed by atoms with van der Waals surface area (Å²) in [6, 6.07) is 9.74. The van der Waals surface area contributed by atoms with E-state index in [4.69, 9.17) is 4.42 Å². The first-order valence-corrected chi connectivity index (χ1v) is 6.85. The van der Waals surface area contributed by atoms with Crippen LogP contribution in [0.2, 0.25) is 0 Å². The Hall–Kier alpha value is -1.50. The second-order valence-electron chi connectivity index (χ2n) is 4.04. The van der Waals surface area contributed by atoms with Gasteiger partial charge in [0.2, 0.25) is 0 Å². The van der Waals surface area contributed by atoms with E-state index in [1.165, 1.54) is 7.11 Å². The van der Waals surface area contributed by atoms with Crippen molar-refractivity contribution in [1.82, 2.24) is 0 Å². The van der Waals surface area contributed by atoms with Gasteiger partial charge < -0.3 is 14.5 Å². The Morgan fingerprint density at radius 3 is 2.89 bits per heavy atom. The van der Waals surface area contributed by atoms with Crippen molar-refractivity contribution in [3.05, 3.63) is 51.0 Å². The molecule has 0 aliphatic rings. The molecule has 0 radical (unpaired) electrons. The lowest BCUT2D eigenvalue weighted by Crippen LogP contribution is -2.01. The van der Waals surface area contributed by atoms with Crippen LogP contribution in [0, 0.1) is 10.5 Å². The molecule has 0 amide bonds. The van der Waals surface area contributed by atoms with Gasteiger partial charge in [-0.1, -0.05) is 6.07 Å². The van der Waals surface area contributed by atoms with E-state index in [1.807, 2.05) is 24.3 Å². The molecule has 1 N–H and O–H groups in total. The maximum atomic E-state index is 11.5. The summed E-state index contributed by atoms with van der Waals surface area (Å²) < 4.78 is 11.4. The van der Waals surface area contributed by atoms with Crippen LogP contribution < -0.4 is 5.32 Å². The highest BCUT2D eigenvalue weighted by Crippen LogP contribution is 2.18. The number of carbonyl (C=O) groups excluding carboxylic acids is 1. The molecule has 1 aromatic carbocycles. The highest BCUT2D eigenvalue weighted by atomic mass is 127. The molecule has 0 saturated heterocycles. The number of methoxy groups -OCH3 is 1. The van der Waals surface area contributed by atoms with Gasteiger partial charge in [-0.05, 0) is 53.8 Å². The van der Waals surface area contributed by atoms with Gasteiger partial charge in [0.15, 0.2) is 0 Å². The first-order valence-electron chi connectivity index (χ1n) is 5.77. The van der Waals surface area contributed by atoms with E-state index in [9.17, 15) is 4.79 Å². The minimum atomic E-state index is -0.373. The summed E-state index contributed by atoms with van der Waals surface area (Å²) in [4.78, 5) is 11.5. The van der Waals surface area contributed by atoms with E-state index in [-0.39, 0.29) is 5.97 Å². The van der Waals surface area contributed by atoms with Crippen molar-refractivity contribution in [2.24, 2.45) is 0 Å². The summed E-state index contributed by atoms with van der Waals surface area (Å²) in [6.45, 7) is 2.28. The molecule has 0 atom stereocenters. The number of anilines is 1. The van der Waals surface area contributed by atoms with Gasteiger partial charge in [-0.15, -0.1) is 0 Å². The second kappa shape index (κ2) is 6.10. The Morgan fingerprint density at radius 1 is 1.42 bits per heavy atom. The number of hydrogen-bond acceptors (Lipinski definition) is 4. The van der Waals surface area contributed by atoms with Gasteiger partial charge >= 0.3 is 5.97 Å². The zero-order valence-corrected chi connectivity index (χ0v) is 12.9. The molecule has 2 aromatic rings. The Labute approximate surface area is 125 Å². The molecular weight excluding hydrogens is 357 g/mol. The number of esters is 1. The largest absolute Gasteiger partial charge is 0.465 e. The van der Waals surface area contributed by atoms with Crippen molar-refractivity contribution in [3.63, 3.8) is 0 Å². The summed E-state index contributed by atoms with van der Waals surface area (Å²) >= 11 is 2.26. The van der Waals surface area contributed by atoms with E-state index in [0.29, 0.717) is 23.6 Å². The van der Waals surface area contributed by atoms with Crippen LogP contribution in [-0.4, -0.2) is 13.1 Å². The number of carbonyl (C=O) groups is 1. The van der Waals surface area contributed by atoms with Gasteiger partial charge in [0.1, 0.15) is 17.1 Å². The molecule has 1 heterocycles. The number of ether oxygens (including phenoxy) is 1. The zero-order valence-electron chi connectivity index (χ0n) is 10.7. The molecule has 19 heavy (non-hydrogen) atoms. The molecule has 1 aromatic heterocycles. The Bertz CT molecular complexity index is 592. The van der Waals surface area contributed by atoms with Crippen LogP contribution in [0.3, 0.4) is 0 Å². The molecule has 2 rings (SSSR count). The van der Waals surface area contributed by atoms with Crippen molar-refractivity contribution in [1.29, 1.82) is 0 Å². The fourth-order valence-electron chi connectivity index (χ4n) is 1.73. The van der Waals surface area contributed by atoms with Gasteiger partial charge in [0, 0.05) is 9.26 Å². The number of nitrogens with one attached hydrogen (secondary N) is 1. The monoisotopic (exact) mass is 371 g/mol. The number of furan rings is 1. The van der Waals surface area contributed by atoms with E-state index < -0.39 is 0 Å². The average molecular weight is 371 g/mol. The van der Waals surface area contributed by atoms with Gasteiger partial charge in [-0.25, -0.2) is 4.79 Å². The quantitative estimate of drug-likeness (QED) is 0.659. The van der Waals surface area contributed by atoms with Crippen LogP contribution in [0.1, 0.15) is 21.9 Å². The van der Waals surface area contributed by atoms with Gasteiger partial charge in [0.25, 0.3) is 0 Å². The lowest BCUT2D eigenvalue weighted by molar-refractivity contribution is 0.0599. The minimum Gasteiger partial charge on any atom is -0.465 e. The molecular formula is C14H14INO3. The van der Waals surface area contributed by atoms with E-state index in [0.717, 1.165) is 9.26 Å². The van der Waals surface area contributed by atoms with Crippen molar-refractivity contribution < 1.29 is 13.9 Å². The molecule has 0 bridgehead atoms. The smallest absolute Gasteiger partial charge is 0.341 e. The van der Waals surface area contributed by atoms with Crippen molar-refractivity contribution >= 4 is 34.2 Å². The maximum Gasteiger partial charge on any atom is 0.341 e. The average Bonchev–Trinajstić information content (AvgIpc) is 2.77. The Morgan fingerprint density at radius 2 is 2.21 bits per heavy atom. The molecule has 0 aliphatic heterocycles. The predicted molar refractivity (Wildman–Crippen MR) is 81.3 cm³/mol. The summed E-state index contributed by atoms with van der Waals surface area (Å²) in [6.07, 6.45) is 0. The molecule has 0 spiro atoms. The molecule has 4 nitrogen and oxygen atoms in total. The van der Waals surface area contributed by atoms with Crippen molar-refractivity contribution in [2.75, 3.05) is 12.4 Å². The number of benzene rings is 1. The SMILES string of the molecule is COC(=O)c1cc(CNc2cccc(I)c2)oc1C. The highest BCUT2D eigenvalue weighted by Gasteiger charge is 2.14. The Balaban J connectivity index is 2.06. The third-order valence-electron chi connectivity index (χ3n) is 2.67. The van der Waals surface area contributed by atoms with Crippen LogP contribution in [0.5, 0.6) is 0 Å². The molecule has 0 unspecified atom stereocenters. The zero-order chi connectivity index (χ0) is 13.8. The second-order valence-corrected chi connectivity index (χ2v) is 5.28. The first kappa shape index (κ1) is 13.9. The van der Waals surface area contributed by atoms with Crippen molar-refractivity contribution in [3.8, 4) is 0 Å². The van der Waals surface area contributed by atoms with Gasteiger partial charge in [-0.3, -0.25) is 0 Å². The topological polar surface area (TPSA) is 51.5 Å². The third-order valence-corrected chi connectivity index (χ3v) is 3.34. The first-order chi connectivity index (χ1) is 9.10. The Kier molecular flexibility index (Phi) is 4.47. The molecule has 5 heteroatoms. The fourth-order valence-corrected chi connectivity index (χ4v) is 2.27. The predicted octanol–water partition coefficient (Wildman–Crippen LogP) is 3.59. The molecule has 0 fully saturated rings. The summed E-state index contributed by atoms with van der Waals surface area (Å²) in [5.41, 5.74) is 1.49. The van der Waals surface area contributed by atoms with Gasteiger partial charge in [-0.2, -0.15) is 0 Å². The van der Waals surface area contributed by atoms with Crippen LogP contribution in [0.4, 0.5) is 5.69 Å². The van der Waals surface area contributed by atoms with Crippen LogP contribution >= 0.6 is 22.6 Å². The highest BCUT2D eigenvalue weighted by molar-refractivity contribution is 14.1. The number of hydrogen-bond donors (Lipinski definition) is 1. The van der Waals surface area contributed by atoms with E-state index in [1.54, 1.807) is 13.0 Å². The lowest BCUT2D eigenvalue weighted by Gasteiger charge is -2.04. The van der Waals surface area contributed by atoms with Crippen LogP contribution in [0.15, 0.2) is 34.7 Å². The summed E-state index contributed by atoms with van der Waals surface area (Å²) in [5.74, 6) is 0.907. The van der Waals surface area contributed by atoms with E-state index >= 15 is 0 Å². The molecule has 0 aliphatic carbocycles. The van der Waals surface area contributed by atoms with Crippen LogP contribution in [0.25, 0.3) is 0 Å². The maximum absolute atomic E-state index is 11.5. The third kappa shape index (κ3) is 3.50. The van der Waals surface area contributed by atoms with Crippen molar-refractivity contribution in [2.45, 2.75) is 13.5 Å². The van der Waals surface area contributed by atoms with Gasteiger partial charge in [0.05, 0.1) is 13.7 Å². The lowest BCUT2D eigenvalue weighted by atomic mass is 10.2.